The maximum atomic E-state index is 13.0. The summed E-state index contributed by atoms with van der Waals surface area (Å²) in [6.07, 6.45) is 18.4. The summed E-state index contributed by atoms with van der Waals surface area (Å²) in [4.78, 5) is 14.2. The zero-order valence-corrected chi connectivity index (χ0v) is 26.3. The highest BCUT2D eigenvalue weighted by atomic mass is 79.9. The van der Waals surface area contributed by atoms with Gasteiger partial charge in [-0.3, -0.25) is 4.79 Å². The summed E-state index contributed by atoms with van der Waals surface area (Å²) in [6.45, 7) is 5.82. The van der Waals surface area contributed by atoms with Crippen molar-refractivity contribution >= 4 is 22.9 Å². The Kier molecular flexibility index (Phi) is 16.8. The number of nitrogens with zero attached hydrogens (tertiary/aromatic N) is 1. The van der Waals surface area contributed by atoms with Crippen molar-refractivity contribution in [2.75, 3.05) is 11.9 Å². The third-order valence-corrected chi connectivity index (χ3v) is 7.80. The van der Waals surface area contributed by atoms with Crippen molar-refractivity contribution in [3.05, 3.63) is 76.2 Å². The maximum Gasteiger partial charge on any atom is 0.228 e. The fraction of sp³-hybridized carbons (Fsp3) is 0.515. The molecule has 3 rings (SSSR count). The van der Waals surface area contributed by atoms with E-state index in [9.17, 15) is 4.79 Å². The number of nitrogens with one attached hydrogen (secondary N) is 1. The number of carbonyl (C=O) groups excluding carboxylic acids is 1. The lowest BCUT2D eigenvalue weighted by atomic mass is 10.1. The normalized spacial score (nSPS) is 10.7. The summed E-state index contributed by atoms with van der Waals surface area (Å²) < 4.78 is 8.26. The van der Waals surface area contributed by atoms with E-state index in [0.29, 0.717) is 13.0 Å². The van der Waals surface area contributed by atoms with Crippen LogP contribution in [0.5, 0.6) is 5.75 Å². The summed E-state index contributed by atoms with van der Waals surface area (Å²) in [7, 11) is 0. The van der Waals surface area contributed by atoms with E-state index in [-0.39, 0.29) is 22.9 Å². The fourth-order valence-corrected chi connectivity index (χ4v) is 5.42. The van der Waals surface area contributed by atoms with Gasteiger partial charge in [-0.1, -0.05) is 125 Å². The van der Waals surface area contributed by atoms with Crippen LogP contribution in [0.25, 0.3) is 0 Å². The molecule has 0 aliphatic heterocycles. The molecule has 0 spiro atoms. The van der Waals surface area contributed by atoms with E-state index >= 15 is 0 Å². The van der Waals surface area contributed by atoms with Gasteiger partial charge in [0.25, 0.3) is 0 Å². The first-order chi connectivity index (χ1) is 18.7. The molecule has 1 aromatic heterocycles. The number of aromatic nitrogens is 1. The van der Waals surface area contributed by atoms with Gasteiger partial charge in [0.05, 0.1) is 23.6 Å². The molecule has 0 unspecified atom stereocenters. The monoisotopic (exact) mass is 614 g/mol. The Morgan fingerprint density at radius 1 is 0.821 bits per heavy atom. The molecule has 0 aliphatic rings. The molecule has 0 atom stereocenters. The quantitative estimate of drug-likeness (QED) is 0.140. The molecule has 2 aromatic carbocycles. The zero-order chi connectivity index (χ0) is 26.8. The number of unbranched alkanes of at least 4 members (excludes halogenated alkanes) is 11. The first-order valence-corrected chi connectivity index (χ1v) is 15.6. The average molecular weight is 616 g/mol. The largest absolute Gasteiger partial charge is 1.00 e. The van der Waals surface area contributed by atoms with Crippen LogP contribution in [-0.4, -0.2) is 12.5 Å². The lowest BCUT2D eigenvalue weighted by molar-refractivity contribution is -0.683. The Morgan fingerprint density at radius 2 is 1.41 bits per heavy atom. The second-order valence-corrected chi connectivity index (χ2v) is 11.5. The number of halogens is 1. The number of thiazole rings is 1. The lowest BCUT2D eigenvalue weighted by Gasteiger charge is -2.13. The van der Waals surface area contributed by atoms with E-state index in [0.717, 1.165) is 35.5 Å². The summed E-state index contributed by atoms with van der Waals surface area (Å²) in [6, 6.07) is 16.0. The maximum absolute atomic E-state index is 13.0. The molecule has 0 fully saturated rings. The summed E-state index contributed by atoms with van der Waals surface area (Å²) >= 11 is 1.73. The van der Waals surface area contributed by atoms with Gasteiger partial charge in [-0.25, -0.2) is 0 Å². The van der Waals surface area contributed by atoms with Gasteiger partial charge in [-0.2, -0.15) is 4.57 Å². The van der Waals surface area contributed by atoms with Crippen LogP contribution in [0.2, 0.25) is 0 Å². The van der Waals surface area contributed by atoms with Crippen LogP contribution in [0.4, 0.5) is 5.69 Å². The van der Waals surface area contributed by atoms with Gasteiger partial charge in [-0.15, -0.1) is 0 Å². The second kappa shape index (κ2) is 19.8. The summed E-state index contributed by atoms with van der Waals surface area (Å²) in [5, 5.41) is 3.13. The summed E-state index contributed by atoms with van der Waals surface area (Å²) in [5.74, 6) is 0.800. The van der Waals surface area contributed by atoms with Gasteiger partial charge in [-0.05, 0) is 25.5 Å². The molecule has 1 N–H and O–H groups in total. The minimum Gasteiger partial charge on any atom is -1.00 e. The highest BCUT2D eigenvalue weighted by Gasteiger charge is 2.14. The molecule has 0 saturated heterocycles. The lowest BCUT2D eigenvalue weighted by Crippen LogP contribution is -3.00. The molecule has 1 amide bonds. The smallest absolute Gasteiger partial charge is 0.228 e. The summed E-state index contributed by atoms with van der Waals surface area (Å²) in [5.41, 5.74) is 5.01. The highest BCUT2D eigenvalue weighted by Crippen LogP contribution is 2.21. The van der Waals surface area contributed by atoms with Crippen LogP contribution in [0.15, 0.2) is 60.2 Å². The number of hydrogen-bond donors (Lipinski definition) is 1. The van der Waals surface area contributed by atoms with Gasteiger partial charge in [0, 0.05) is 11.1 Å². The molecule has 0 bridgehead atoms. The molecule has 1 heterocycles. The Labute approximate surface area is 251 Å². The number of benzene rings is 2. The van der Waals surface area contributed by atoms with E-state index in [2.05, 4.69) is 41.5 Å². The van der Waals surface area contributed by atoms with Crippen molar-refractivity contribution in [3.8, 4) is 5.75 Å². The van der Waals surface area contributed by atoms with Crippen LogP contribution >= 0.6 is 11.3 Å². The first kappa shape index (κ1) is 33.0. The minimum atomic E-state index is -0.0228. The van der Waals surface area contributed by atoms with Crippen LogP contribution in [0, 0.1) is 6.92 Å². The fourth-order valence-electron chi connectivity index (χ4n) is 4.79. The molecule has 39 heavy (non-hydrogen) atoms. The predicted octanol–water partition coefficient (Wildman–Crippen LogP) is 5.66. The number of ether oxygens (including phenoxy) is 1. The number of hydrogen-bond acceptors (Lipinski definition) is 3. The average Bonchev–Trinajstić information content (AvgIpc) is 3.33. The van der Waals surface area contributed by atoms with E-state index in [1.165, 1.54) is 75.5 Å². The third-order valence-electron chi connectivity index (χ3n) is 6.95. The molecule has 3 aromatic rings. The molecule has 214 valence electrons. The van der Waals surface area contributed by atoms with Crippen molar-refractivity contribution in [2.45, 2.75) is 104 Å². The Morgan fingerprint density at radius 3 is 2.05 bits per heavy atom. The highest BCUT2D eigenvalue weighted by molar-refractivity contribution is 7.09. The van der Waals surface area contributed by atoms with Gasteiger partial charge >= 0.3 is 0 Å². The SMILES string of the molecule is CCCCCCCCCCCCCCOc1ccccc1CC(=O)Nc1ccccc1C[n+]1csc(C)c1.[Br-]. The second-order valence-electron chi connectivity index (χ2n) is 10.4. The molecule has 0 aliphatic carbocycles. The number of rotatable bonds is 19. The third kappa shape index (κ3) is 13.1. The topological polar surface area (TPSA) is 42.2 Å². The molecular weight excluding hydrogens is 568 g/mol. The minimum absolute atomic E-state index is 0. The van der Waals surface area contributed by atoms with Crippen LogP contribution in [0.3, 0.4) is 0 Å². The molecule has 0 saturated carbocycles. The van der Waals surface area contributed by atoms with Crippen LogP contribution in [-0.2, 0) is 17.8 Å². The Balaban J connectivity index is 0.00000533. The predicted molar refractivity (Wildman–Crippen MR) is 160 cm³/mol. The van der Waals surface area contributed by atoms with Crippen molar-refractivity contribution in [3.63, 3.8) is 0 Å². The van der Waals surface area contributed by atoms with Gasteiger partial charge in [0.1, 0.15) is 5.75 Å². The molecular formula is C33H47BrN2O2S. The zero-order valence-electron chi connectivity index (χ0n) is 23.9. The van der Waals surface area contributed by atoms with Gasteiger partial charge in [0.15, 0.2) is 12.7 Å². The van der Waals surface area contributed by atoms with Crippen LogP contribution in [0.1, 0.15) is 100.0 Å². The number of amides is 1. The van der Waals surface area contributed by atoms with E-state index in [4.69, 9.17) is 4.74 Å². The molecule has 4 nitrogen and oxygen atoms in total. The number of aryl methyl sites for hydroxylation is 1. The Bertz CT molecular complexity index is 1080. The van der Waals surface area contributed by atoms with Gasteiger partial charge < -0.3 is 27.0 Å². The Hall–Kier alpha value is -2.18. The van der Waals surface area contributed by atoms with Crippen molar-refractivity contribution in [1.82, 2.24) is 0 Å². The van der Waals surface area contributed by atoms with Crippen molar-refractivity contribution in [1.29, 1.82) is 0 Å². The first-order valence-electron chi connectivity index (χ1n) is 14.7. The number of anilines is 1. The molecule has 6 heteroatoms. The van der Waals surface area contributed by atoms with Crippen molar-refractivity contribution in [2.24, 2.45) is 0 Å². The number of carbonyl (C=O) groups is 1. The van der Waals surface area contributed by atoms with E-state index in [1.54, 1.807) is 11.3 Å². The van der Waals surface area contributed by atoms with Crippen LogP contribution < -0.4 is 31.6 Å². The van der Waals surface area contributed by atoms with E-state index < -0.39 is 0 Å². The molecule has 0 radical (unpaired) electrons. The number of para-hydroxylation sites is 2. The standard InChI is InChI=1S/C33H46N2O2S.BrH/c1-3-4-5-6-7-8-9-10-11-12-13-18-23-37-32-22-17-15-19-29(32)24-33(36)34-31-21-16-14-20-30(31)26-35-25-28(2)38-27-35;/h14-17,19-22,25,27H,3-13,18,23-24,26H2,1-2H3;1H. The van der Waals surface area contributed by atoms with Crippen molar-refractivity contribution < 1.29 is 31.1 Å². The van der Waals surface area contributed by atoms with Gasteiger partial charge in [0.2, 0.25) is 11.4 Å². The van der Waals surface area contributed by atoms with E-state index in [1.807, 2.05) is 42.5 Å².